The van der Waals surface area contributed by atoms with Crippen LogP contribution < -0.4 is 12.4 Å². The Morgan fingerprint density at radius 3 is 1.00 bits per heavy atom. The third-order valence-corrected chi connectivity index (χ3v) is 0. The SMILES string of the molecule is C[C-](C)C.Cl.[Cl-].[Mg+2]. The molecule has 0 rings (SSSR count). The Bertz CT molecular complexity index is 14.4. The fourth-order valence-electron chi connectivity index (χ4n) is 0. The van der Waals surface area contributed by atoms with E-state index < -0.39 is 0 Å². The predicted molar refractivity (Wildman–Crippen MR) is 33.3 cm³/mol. The van der Waals surface area contributed by atoms with Crippen LogP contribution in [0.5, 0.6) is 0 Å². The average molecular weight is 153 g/mol. The molecule has 42 valence electrons. The van der Waals surface area contributed by atoms with Crippen molar-refractivity contribution in [1.29, 1.82) is 0 Å². The van der Waals surface area contributed by atoms with Crippen LogP contribution in [-0.4, -0.2) is 23.1 Å². The Morgan fingerprint density at radius 1 is 1.00 bits per heavy atom. The molecule has 0 aliphatic carbocycles. The minimum Gasteiger partial charge on any atom is -1.00 e. The maximum atomic E-state index is 2.08. The quantitative estimate of drug-likeness (QED) is 0.299. The monoisotopic (exact) mass is 152 g/mol. The second kappa shape index (κ2) is 15.7. The van der Waals surface area contributed by atoms with Gasteiger partial charge in [0.1, 0.15) is 0 Å². The summed E-state index contributed by atoms with van der Waals surface area (Å²) in [6.45, 7) is 6.25. The van der Waals surface area contributed by atoms with Gasteiger partial charge in [0.25, 0.3) is 0 Å². The van der Waals surface area contributed by atoms with Crippen LogP contribution in [0.3, 0.4) is 0 Å². The summed E-state index contributed by atoms with van der Waals surface area (Å²) in [4.78, 5) is 0. The van der Waals surface area contributed by atoms with E-state index in [2.05, 4.69) is 20.8 Å². The first-order valence-electron chi connectivity index (χ1n) is 1.50. The summed E-state index contributed by atoms with van der Waals surface area (Å²) in [6.07, 6.45) is 0. The van der Waals surface area contributed by atoms with E-state index in [4.69, 9.17) is 0 Å². The second-order valence-electron chi connectivity index (χ2n) is 1.50. The van der Waals surface area contributed by atoms with E-state index in [0.717, 1.165) is 0 Å². The molecule has 0 aromatic rings. The van der Waals surface area contributed by atoms with E-state index in [1.54, 1.807) is 0 Å². The van der Waals surface area contributed by atoms with Gasteiger partial charge in [-0.25, -0.2) is 0 Å². The summed E-state index contributed by atoms with van der Waals surface area (Å²) in [5.74, 6) is 1.42. The van der Waals surface area contributed by atoms with Gasteiger partial charge in [-0.3, -0.25) is 0 Å². The zero-order valence-electron chi connectivity index (χ0n) is 4.99. The van der Waals surface area contributed by atoms with Gasteiger partial charge in [0.15, 0.2) is 0 Å². The molecular formula is C4H10Cl2Mg. The Labute approximate surface area is 74.4 Å². The molecule has 0 aromatic carbocycles. The topological polar surface area (TPSA) is 0 Å². The van der Waals surface area contributed by atoms with Crippen LogP contribution in [0, 0.1) is 5.92 Å². The fraction of sp³-hybridized carbons (Fsp3) is 0.750. The van der Waals surface area contributed by atoms with Crippen molar-refractivity contribution >= 4 is 35.5 Å². The smallest absolute Gasteiger partial charge is 1.00 e. The van der Waals surface area contributed by atoms with Crippen LogP contribution in [0.4, 0.5) is 0 Å². The largest absolute Gasteiger partial charge is 2.00 e. The van der Waals surface area contributed by atoms with Crippen LogP contribution >= 0.6 is 12.4 Å². The molecule has 0 aromatic heterocycles. The van der Waals surface area contributed by atoms with Crippen LogP contribution in [-0.2, 0) is 0 Å². The molecule has 0 aliphatic rings. The van der Waals surface area contributed by atoms with E-state index in [-0.39, 0.29) is 47.9 Å². The van der Waals surface area contributed by atoms with Gasteiger partial charge in [0.2, 0.25) is 0 Å². The van der Waals surface area contributed by atoms with E-state index in [0.29, 0.717) is 0 Å². The van der Waals surface area contributed by atoms with Crippen molar-refractivity contribution in [2.24, 2.45) is 0 Å². The maximum absolute atomic E-state index is 2.08. The van der Waals surface area contributed by atoms with E-state index in [9.17, 15) is 0 Å². The molecular weight excluding hydrogens is 143 g/mol. The molecule has 0 saturated heterocycles. The molecule has 0 unspecified atom stereocenters. The Balaban J connectivity index is -0.0000000150. The summed E-state index contributed by atoms with van der Waals surface area (Å²) in [6, 6.07) is 0. The number of hydrogen-bond donors (Lipinski definition) is 0. The molecule has 7 heavy (non-hydrogen) atoms. The molecule has 0 atom stereocenters. The van der Waals surface area contributed by atoms with Gasteiger partial charge >= 0.3 is 23.1 Å². The van der Waals surface area contributed by atoms with Crippen molar-refractivity contribution in [2.75, 3.05) is 0 Å². The predicted octanol–water partition coefficient (Wildman–Crippen LogP) is -1.33. The minimum absolute atomic E-state index is 0. The summed E-state index contributed by atoms with van der Waals surface area (Å²) in [5, 5.41) is 0. The molecule has 0 amide bonds. The summed E-state index contributed by atoms with van der Waals surface area (Å²) < 4.78 is 0. The summed E-state index contributed by atoms with van der Waals surface area (Å²) in [7, 11) is 0. The Morgan fingerprint density at radius 2 is 1.00 bits per heavy atom. The molecule has 0 saturated carbocycles. The fourth-order valence-corrected chi connectivity index (χ4v) is 0. The van der Waals surface area contributed by atoms with Crippen molar-refractivity contribution < 1.29 is 12.4 Å². The Hall–Kier alpha value is 1.35. The molecule has 0 N–H and O–H groups in total. The molecule has 0 radical (unpaired) electrons. The summed E-state index contributed by atoms with van der Waals surface area (Å²) in [5.41, 5.74) is 0. The average Bonchev–Trinajstić information content (AvgIpc) is 0.811. The van der Waals surface area contributed by atoms with Gasteiger partial charge in [0, 0.05) is 0 Å². The third-order valence-electron chi connectivity index (χ3n) is 0. The third kappa shape index (κ3) is 116. The molecule has 3 heteroatoms. The molecule has 0 heterocycles. The van der Waals surface area contributed by atoms with Crippen molar-refractivity contribution in [2.45, 2.75) is 20.8 Å². The van der Waals surface area contributed by atoms with Crippen molar-refractivity contribution in [3.05, 3.63) is 5.92 Å². The molecule has 0 nitrogen and oxygen atoms in total. The van der Waals surface area contributed by atoms with Crippen molar-refractivity contribution in [3.63, 3.8) is 0 Å². The van der Waals surface area contributed by atoms with Gasteiger partial charge in [0.05, 0.1) is 0 Å². The van der Waals surface area contributed by atoms with Gasteiger partial charge < -0.3 is 18.3 Å². The van der Waals surface area contributed by atoms with Gasteiger partial charge in [-0.2, -0.15) is 20.8 Å². The van der Waals surface area contributed by atoms with Crippen molar-refractivity contribution in [3.8, 4) is 0 Å². The molecule has 0 bridgehead atoms. The van der Waals surface area contributed by atoms with Gasteiger partial charge in [-0.15, -0.1) is 12.4 Å². The van der Waals surface area contributed by atoms with Crippen LogP contribution in [0.15, 0.2) is 0 Å². The molecule has 0 spiro atoms. The standard InChI is InChI=1S/C4H9.2ClH.Mg/c1-4(2)3;;;/h1-3H3;2*1H;/q-1;;;+2/p-1. The normalized spacial score (nSPS) is 5.14. The van der Waals surface area contributed by atoms with Crippen LogP contribution in [0.25, 0.3) is 0 Å². The second-order valence-corrected chi connectivity index (χ2v) is 1.50. The number of rotatable bonds is 0. The number of hydrogen-bond acceptors (Lipinski definition) is 0. The van der Waals surface area contributed by atoms with Crippen LogP contribution in [0.1, 0.15) is 20.8 Å². The van der Waals surface area contributed by atoms with Crippen LogP contribution in [0.2, 0.25) is 0 Å². The van der Waals surface area contributed by atoms with Gasteiger partial charge in [-0.1, -0.05) is 0 Å². The van der Waals surface area contributed by atoms with E-state index >= 15 is 0 Å². The van der Waals surface area contributed by atoms with E-state index in [1.165, 1.54) is 5.92 Å². The number of halogens is 2. The zero-order valence-corrected chi connectivity index (χ0v) is 7.98. The summed E-state index contributed by atoms with van der Waals surface area (Å²) >= 11 is 0. The van der Waals surface area contributed by atoms with Gasteiger partial charge in [-0.05, 0) is 0 Å². The molecule has 0 aliphatic heterocycles. The Kier molecular flexibility index (Phi) is 53.4. The first-order chi connectivity index (χ1) is 1.73. The zero-order chi connectivity index (χ0) is 3.58. The van der Waals surface area contributed by atoms with Crippen molar-refractivity contribution in [1.82, 2.24) is 0 Å². The molecule has 0 fully saturated rings. The first kappa shape index (κ1) is 23.8. The minimum atomic E-state index is 0. The maximum Gasteiger partial charge on any atom is 2.00 e. The first-order valence-corrected chi connectivity index (χ1v) is 1.50. The van der Waals surface area contributed by atoms with E-state index in [1.807, 2.05) is 0 Å².